The van der Waals surface area contributed by atoms with E-state index in [1.54, 1.807) is 0 Å². The van der Waals surface area contributed by atoms with Crippen molar-refractivity contribution in [3.63, 3.8) is 0 Å². The molecule has 0 bridgehead atoms. The predicted molar refractivity (Wildman–Crippen MR) is 66.9 cm³/mol. The van der Waals surface area contributed by atoms with Crippen LogP contribution in [0.4, 0.5) is 0 Å². The van der Waals surface area contributed by atoms with Gasteiger partial charge in [-0.3, -0.25) is 4.79 Å². The van der Waals surface area contributed by atoms with Crippen LogP contribution in [-0.2, 0) is 4.79 Å². The van der Waals surface area contributed by atoms with Crippen LogP contribution in [0.5, 0.6) is 0 Å². The summed E-state index contributed by atoms with van der Waals surface area (Å²) in [5.74, 6) is 2.25. The van der Waals surface area contributed by atoms with E-state index in [1.165, 1.54) is 12.8 Å². The van der Waals surface area contributed by atoms with E-state index in [0.717, 1.165) is 6.42 Å². The first-order valence-corrected chi connectivity index (χ1v) is 6.54. The first-order chi connectivity index (χ1) is 7.56. The Kier molecular flexibility index (Phi) is 5.26. The highest BCUT2D eigenvalue weighted by Gasteiger charge is 2.34. The summed E-state index contributed by atoms with van der Waals surface area (Å²) in [5, 5.41) is 2.94. The second kappa shape index (κ2) is 6.24. The first-order valence-electron chi connectivity index (χ1n) is 6.54. The maximum atomic E-state index is 12.1. The van der Waals surface area contributed by atoms with Crippen molar-refractivity contribution in [3.8, 4) is 0 Å². The number of nitrogens with two attached hydrogens (primary N) is 1. The standard InChI is InChI=1S/C13H26N2O/c1-9(2)11-5-4-10(3)8-12(11)13(16)15-7-6-14/h9-12H,4-8,14H2,1-3H3,(H,15,16)/t10?,11-,12?/m0/s1. The number of rotatable bonds is 4. The molecular formula is C13H26N2O. The van der Waals surface area contributed by atoms with E-state index in [2.05, 4.69) is 26.1 Å². The molecule has 1 aliphatic rings. The molecule has 0 aromatic rings. The molecule has 2 unspecified atom stereocenters. The van der Waals surface area contributed by atoms with E-state index >= 15 is 0 Å². The third-order valence-corrected chi connectivity index (χ3v) is 3.80. The van der Waals surface area contributed by atoms with E-state index in [4.69, 9.17) is 5.73 Å². The number of carbonyl (C=O) groups excluding carboxylic acids is 1. The molecule has 0 aromatic heterocycles. The second-order valence-electron chi connectivity index (χ2n) is 5.51. The molecule has 3 heteroatoms. The fraction of sp³-hybridized carbons (Fsp3) is 0.923. The maximum Gasteiger partial charge on any atom is 0.223 e. The van der Waals surface area contributed by atoms with Gasteiger partial charge >= 0.3 is 0 Å². The highest BCUT2D eigenvalue weighted by Crippen LogP contribution is 2.37. The molecule has 0 aliphatic heterocycles. The summed E-state index contributed by atoms with van der Waals surface area (Å²) >= 11 is 0. The van der Waals surface area contributed by atoms with Gasteiger partial charge in [-0.2, -0.15) is 0 Å². The van der Waals surface area contributed by atoms with Gasteiger partial charge in [0.15, 0.2) is 0 Å². The molecule has 1 rings (SSSR count). The number of hydrogen-bond acceptors (Lipinski definition) is 2. The summed E-state index contributed by atoms with van der Waals surface area (Å²) in [6.07, 6.45) is 3.50. The number of carbonyl (C=O) groups is 1. The van der Waals surface area contributed by atoms with Crippen LogP contribution in [0.2, 0.25) is 0 Å². The maximum absolute atomic E-state index is 12.1. The first kappa shape index (κ1) is 13.5. The van der Waals surface area contributed by atoms with E-state index in [9.17, 15) is 4.79 Å². The lowest BCUT2D eigenvalue weighted by Crippen LogP contribution is -2.41. The highest BCUT2D eigenvalue weighted by molar-refractivity contribution is 5.79. The lowest BCUT2D eigenvalue weighted by Gasteiger charge is -2.36. The van der Waals surface area contributed by atoms with Gasteiger partial charge in [0.25, 0.3) is 0 Å². The van der Waals surface area contributed by atoms with Crippen LogP contribution in [-0.4, -0.2) is 19.0 Å². The second-order valence-corrected chi connectivity index (χ2v) is 5.51. The lowest BCUT2D eigenvalue weighted by molar-refractivity contribution is -0.129. The van der Waals surface area contributed by atoms with Gasteiger partial charge in [-0.15, -0.1) is 0 Å². The summed E-state index contributed by atoms with van der Waals surface area (Å²) in [6, 6.07) is 0. The molecule has 1 aliphatic carbocycles. The van der Waals surface area contributed by atoms with Crippen molar-refractivity contribution in [1.82, 2.24) is 5.32 Å². The Labute approximate surface area is 99.2 Å². The molecule has 3 atom stereocenters. The van der Waals surface area contributed by atoms with Crippen LogP contribution in [0.15, 0.2) is 0 Å². The molecule has 3 N–H and O–H groups in total. The minimum absolute atomic E-state index is 0.204. The largest absolute Gasteiger partial charge is 0.355 e. The topological polar surface area (TPSA) is 55.1 Å². The summed E-state index contributed by atoms with van der Waals surface area (Å²) in [5.41, 5.74) is 5.41. The van der Waals surface area contributed by atoms with Gasteiger partial charge in [-0.1, -0.05) is 27.2 Å². The molecule has 0 spiro atoms. The monoisotopic (exact) mass is 226 g/mol. The van der Waals surface area contributed by atoms with Gasteiger partial charge < -0.3 is 11.1 Å². The average molecular weight is 226 g/mol. The van der Waals surface area contributed by atoms with Crippen molar-refractivity contribution >= 4 is 5.91 Å². The number of amides is 1. The molecule has 0 heterocycles. The third kappa shape index (κ3) is 3.48. The summed E-state index contributed by atoms with van der Waals surface area (Å²) in [6.45, 7) is 7.84. The van der Waals surface area contributed by atoms with Gasteiger partial charge in [-0.05, 0) is 30.6 Å². The zero-order chi connectivity index (χ0) is 12.1. The summed E-state index contributed by atoms with van der Waals surface area (Å²) < 4.78 is 0. The van der Waals surface area contributed by atoms with Gasteiger partial charge in [-0.25, -0.2) is 0 Å². The van der Waals surface area contributed by atoms with Crippen LogP contribution in [0.3, 0.4) is 0 Å². The summed E-state index contributed by atoms with van der Waals surface area (Å²) in [4.78, 5) is 12.1. The SMILES string of the molecule is CC1CC[C@@H](C(C)C)C(C(=O)NCCN)C1. The Morgan fingerprint density at radius 1 is 1.44 bits per heavy atom. The zero-order valence-corrected chi connectivity index (χ0v) is 10.8. The number of nitrogens with one attached hydrogen (secondary N) is 1. The molecule has 16 heavy (non-hydrogen) atoms. The summed E-state index contributed by atoms with van der Waals surface area (Å²) in [7, 11) is 0. The Bertz CT molecular complexity index is 228. The van der Waals surface area contributed by atoms with Crippen molar-refractivity contribution in [2.24, 2.45) is 29.4 Å². The van der Waals surface area contributed by atoms with Crippen molar-refractivity contribution in [1.29, 1.82) is 0 Å². The normalized spacial score (nSPS) is 30.4. The smallest absolute Gasteiger partial charge is 0.223 e. The molecule has 3 nitrogen and oxygen atoms in total. The van der Waals surface area contributed by atoms with Crippen molar-refractivity contribution in [3.05, 3.63) is 0 Å². The van der Waals surface area contributed by atoms with Crippen LogP contribution in [0.25, 0.3) is 0 Å². The van der Waals surface area contributed by atoms with Gasteiger partial charge in [0.1, 0.15) is 0 Å². The van der Waals surface area contributed by atoms with E-state index < -0.39 is 0 Å². The van der Waals surface area contributed by atoms with E-state index in [0.29, 0.717) is 30.8 Å². The Morgan fingerprint density at radius 3 is 2.69 bits per heavy atom. The molecule has 1 fully saturated rings. The minimum Gasteiger partial charge on any atom is -0.355 e. The molecular weight excluding hydrogens is 200 g/mol. The Morgan fingerprint density at radius 2 is 2.12 bits per heavy atom. The third-order valence-electron chi connectivity index (χ3n) is 3.80. The molecule has 94 valence electrons. The lowest BCUT2D eigenvalue weighted by atomic mass is 9.70. The molecule has 1 saturated carbocycles. The molecule has 0 saturated heterocycles. The van der Waals surface area contributed by atoms with Crippen LogP contribution in [0.1, 0.15) is 40.0 Å². The van der Waals surface area contributed by atoms with Crippen LogP contribution in [0, 0.1) is 23.7 Å². The highest BCUT2D eigenvalue weighted by atomic mass is 16.1. The Hall–Kier alpha value is -0.570. The van der Waals surface area contributed by atoms with Crippen LogP contribution >= 0.6 is 0 Å². The van der Waals surface area contributed by atoms with Crippen LogP contribution < -0.4 is 11.1 Å². The van der Waals surface area contributed by atoms with E-state index in [-0.39, 0.29) is 11.8 Å². The fourth-order valence-electron chi connectivity index (χ4n) is 2.83. The van der Waals surface area contributed by atoms with Gasteiger partial charge in [0, 0.05) is 19.0 Å². The predicted octanol–water partition coefficient (Wildman–Crippen LogP) is 1.77. The minimum atomic E-state index is 0.204. The average Bonchev–Trinajstić information content (AvgIpc) is 2.25. The molecule has 0 aromatic carbocycles. The van der Waals surface area contributed by atoms with E-state index in [1.807, 2.05) is 0 Å². The van der Waals surface area contributed by atoms with Gasteiger partial charge in [0.05, 0.1) is 0 Å². The zero-order valence-electron chi connectivity index (χ0n) is 10.8. The van der Waals surface area contributed by atoms with Gasteiger partial charge in [0.2, 0.25) is 5.91 Å². The van der Waals surface area contributed by atoms with Crippen molar-refractivity contribution in [2.45, 2.75) is 40.0 Å². The van der Waals surface area contributed by atoms with Crippen molar-refractivity contribution in [2.75, 3.05) is 13.1 Å². The Balaban J connectivity index is 2.59. The van der Waals surface area contributed by atoms with Crippen molar-refractivity contribution < 1.29 is 4.79 Å². The molecule has 0 radical (unpaired) electrons. The quantitative estimate of drug-likeness (QED) is 0.767. The fourth-order valence-corrected chi connectivity index (χ4v) is 2.83. The number of hydrogen-bond donors (Lipinski definition) is 2. The molecule has 1 amide bonds.